The summed E-state index contributed by atoms with van der Waals surface area (Å²) in [5.74, 6) is -1.16. The molecule has 3 aliphatic rings. The maximum atomic E-state index is 14.7. The van der Waals surface area contributed by atoms with Gasteiger partial charge in [-0.2, -0.15) is 0 Å². The van der Waals surface area contributed by atoms with Gasteiger partial charge in [0.15, 0.2) is 11.6 Å². The molecule has 4 atom stereocenters. The van der Waals surface area contributed by atoms with Gasteiger partial charge in [0.25, 0.3) is 0 Å². The number of carbonyl (C=O) groups excluding carboxylic acids is 3. The number of fused-ring (bicyclic) bond motifs is 6. The maximum absolute atomic E-state index is 14.7. The molecule has 3 aliphatic heterocycles. The van der Waals surface area contributed by atoms with Crippen LogP contribution in [0, 0.1) is 5.92 Å². The summed E-state index contributed by atoms with van der Waals surface area (Å²) in [7, 11) is 2.99. The minimum Gasteiger partial charge on any atom is -0.497 e. The van der Waals surface area contributed by atoms with Crippen LogP contribution in [0.3, 0.4) is 0 Å². The lowest BCUT2D eigenvalue weighted by Gasteiger charge is -2.37. The van der Waals surface area contributed by atoms with Gasteiger partial charge in [0, 0.05) is 16.4 Å². The van der Waals surface area contributed by atoms with Crippen molar-refractivity contribution in [2.45, 2.75) is 24.4 Å². The standard InChI is InChI=1S/C30H25ClN2O5/c1-16(34)27-26(28(35)20-15-19(37-2)10-12-24(20)38-3)30(21-6-4-5-7-22(21)32-29(30)36)25-13-8-17-14-18(31)9-11-23(17)33(25)27/h4-15,25-27H,1-3H3,(H,32,36)/t25-,26-,27-,30-/m0/s1. The van der Waals surface area contributed by atoms with E-state index in [9.17, 15) is 14.4 Å². The van der Waals surface area contributed by atoms with Crippen LogP contribution in [0.2, 0.25) is 5.02 Å². The first kappa shape index (κ1) is 24.2. The Hall–Kier alpha value is -4.10. The number of methoxy groups -OCH3 is 2. The van der Waals surface area contributed by atoms with Gasteiger partial charge in [0.1, 0.15) is 16.9 Å². The van der Waals surface area contributed by atoms with E-state index in [1.54, 1.807) is 24.3 Å². The fourth-order valence-corrected chi connectivity index (χ4v) is 6.66. The first-order valence-electron chi connectivity index (χ1n) is 12.3. The van der Waals surface area contributed by atoms with Gasteiger partial charge in [-0.1, -0.05) is 42.0 Å². The Kier molecular flexibility index (Phi) is 5.58. The zero-order valence-electron chi connectivity index (χ0n) is 21.0. The summed E-state index contributed by atoms with van der Waals surface area (Å²) in [5.41, 5.74) is 1.75. The van der Waals surface area contributed by atoms with E-state index < -0.39 is 23.4 Å². The Bertz CT molecular complexity index is 1550. The number of halogens is 1. The van der Waals surface area contributed by atoms with Crippen molar-refractivity contribution in [2.24, 2.45) is 5.92 Å². The molecule has 6 rings (SSSR count). The number of Topliss-reactive ketones (excluding diaryl/α,β-unsaturated/α-hetero) is 2. The molecule has 1 N–H and O–H groups in total. The van der Waals surface area contributed by atoms with Gasteiger partial charge in [-0.15, -0.1) is 0 Å². The first-order chi connectivity index (χ1) is 18.3. The number of hydrogen-bond acceptors (Lipinski definition) is 6. The normalized spacial score (nSPS) is 24.5. The number of nitrogens with one attached hydrogen (secondary N) is 1. The summed E-state index contributed by atoms with van der Waals surface area (Å²) in [6.45, 7) is 1.47. The molecule has 0 aromatic heterocycles. The monoisotopic (exact) mass is 528 g/mol. The van der Waals surface area contributed by atoms with Crippen molar-refractivity contribution in [3.63, 3.8) is 0 Å². The third kappa shape index (κ3) is 3.18. The maximum Gasteiger partial charge on any atom is 0.238 e. The molecule has 0 bridgehead atoms. The minimum atomic E-state index is -1.37. The molecule has 0 unspecified atom stereocenters. The molecule has 0 radical (unpaired) electrons. The van der Waals surface area contributed by atoms with Crippen LogP contribution in [0.15, 0.2) is 66.7 Å². The zero-order chi connectivity index (χ0) is 26.8. The molecule has 3 aromatic carbocycles. The number of benzene rings is 3. The van der Waals surface area contributed by atoms with Crippen molar-refractivity contribution < 1.29 is 23.9 Å². The fraction of sp³-hybridized carbons (Fsp3) is 0.233. The molecule has 3 heterocycles. The van der Waals surface area contributed by atoms with Crippen LogP contribution in [0.1, 0.15) is 28.4 Å². The molecule has 1 fully saturated rings. The molecule has 38 heavy (non-hydrogen) atoms. The molecule has 0 aliphatic carbocycles. The van der Waals surface area contributed by atoms with Gasteiger partial charge in [0.2, 0.25) is 5.91 Å². The summed E-state index contributed by atoms with van der Waals surface area (Å²) in [6, 6.07) is 16.2. The van der Waals surface area contributed by atoms with E-state index in [1.165, 1.54) is 21.1 Å². The molecular formula is C30H25ClN2O5. The Morgan fingerprint density at radius 3 is 2.55 bits per heavy atom. The highest BCUT2D eigenvalue weighted by molar-refractivity contribution is 6.31. The summed E-state index contributed by atoms with van der Waals surface area (Å²) in [6.07, 6.45) is 3.82. The number of anilines is 2. The Morgan fingerprint density at radius 2 is 1.82 bits per heavy atom. The van der Waals surface area contributed by atoms with Crippen LogP contribution in [0.4, 0.5) is 11.4 Å². The molecular weight excluding hydrogens is 504 g/mol. The van der Waals surface area contributed by atoms with E-state index in [2.05, 4.69) is 5.32 Å². The average Bonchev–Trinajstić information content (AvgIpc) is 3.40. The largest absolute Gasteiger partial charge is 0.497 e. The van der Waals surface area contributed by atoms with E-state index in [0.717, 1.165) is 11.3 Å². The number of ketones is 2. The number of para-hydroxylation sites is 1. The minimum absolute atomic E-state index is 0.222. The van der Waals surface area contributed by atoms with E-state index in [4.69, 9.17) is 21.1 Å². The SMILES string of the molecule is COc1ccc(OC)c(C(=O)[C@@H]2[C@H](C(C)=O)N3c4ccc(Cl)cc4C=C[C@H]3[C@]23C(=O)Nc2ccccc23)c1. The summed E-state index contributed by atoms with van der Waals surface area (Å²) in [5, 5.41) is 3.56. The van der Waals surface area contributed by atoms with Crippen LogP contribution in [-0.2, 0) is 15.0 Å². The second-order valence-electron chi connectivity index (χ2n) is 9.75. The van der Waals surface area contributed by atoms with Crippen molar-refractivity contribution in [3.05, 3.63) is 88.5 Å². The van der Waals surface area contributed by atoms with Gasteiger partial charge < -0.3 is 19.7 Å². The van der Waals surface area contributed by atoms with Crippen molar-refractivity contribution in [1.82, 2.24) is 0 Å². The van der Waals surface area contributed by atoms with Crippen molar-refractivity contribution in [1.29, 1.82) is 0 Å². The van der Waals surface area contributed by atoms with E-state index in [1.807, 2.05) is 53.5 Å². The third-order valence-corrected chi connectivity index (χ3v) is 8.20. The smallest absolute Gasteiger partial charge is 0.238 e. The number of rotatable bonds is 5. The molecule has 1 spiro atoms. The second kappa shape index (κ2) is 8.74. The first-order valence-corrected chi connectivity index (χ1v) is 12.6. The number of hydrogen-bond donors (Lipinski definition) is 1. The fourth-order valence-electron chi connectivity index (χ4n) is 6.48. The molecule has 3 aromatic rings. The number of nitrogens with zero attached hydrogens (tertiary/aromatic N) is 1. The van der Waals surface area contributed by atoms with Crippen LogP contribution in [0.5, 0.6) is 11.5 Å². The molecule has 7 nitrogen and oxygen atoms in total. The third-order valence-electron chi connectivity index (χ3n) is 7.97. The molecule has 1 amide bonds. The van der Waals surface area contributed by atoms with Crippen LogP contribution in [0.25, 0.3) is 6.08 Å². The zero-order valence-corrected chi connectivity index (χ0v) is 21.8. The van der Waals surface area contributed by atoms with Crippen molar-refractivity contribution in [2.75, 3.05) is 24.4 Å². The quantitative estimate of drug-likeness (QED) is 0.473. The van der Waals surface area contributed by atoms with Gasteiger partial charge in [-0.3, -0.25) is 14.4 Å². The number of carbonyl (C=O) groups is 3. The highest BCUT2D eigenvalue weighted by atomic mass is 35.5. The van der Waals surface area contributed by atoms with Crippen molar-refractivity contribution in [3.8, 4) is 11.5 Å². The topological polar surface area (TPSA) is 84.9 Å². The predicted octanol–water partition coefficient (Wildman–Crippen LogP) is 4.92. The summed E-state index contributed by atoms with van der Waals surface area (Å²) in [4.78, 5) is 44.3. The molecule has 0 saturated carbocycles. The lowest BCUT2D eigenvalue weighted by Crippen LogP contribution is -2.51. The van der Waals surface area contributed by atoms with Crippen molar-refractivity contribution >= 4 is 46.5 Å². The molecule has 8 heteroatoms. The van der Waals surface area contributed by atoms with Gasteiger partial charge >= 0.3 is 0 Å². The molecule has 1 saturated heterocycles. The lowest BCUT2D eigenvalue weighted by molar-refractivity contribution is -0.122. The summed E-state index contributed by atoms with van der Waals surface area (Å²) < 4.78 is 11.0. The van der Waals surface area contributed by atoms with Crippen LogP contribution >= 0.6 is 11.6 Å². The number of amides is 1. The number of ether oxygens (including phenoxy) is 2. The van der Waals surface area contributed by atoms with E-state index in [-0.39, 0.29) is 23.0 Å². The Labute approximate surface area is 225 Å². The Morgan fingerprint density at radius 1 is 1.03 bits per heavy atom. The molecule has 192 valence electrons. The van der Waals surface area contributed by atoms with Crippen LogP contribution in [-0.4, -0.2) is 43.8 Å². The van der Waals surface area contributed by atoms with Crippen LogP contribution < -0.4 is 19.7 Å². The average molecular weight is 529 g/mol. The van der Waals surface area contributed by atoms with E-state index in [0.29, 0.717) is 27.8 Å². The summed E-state index contributed by atoms with van der Waals surface area (Å²) >= 11 is 6.29. The second-order valence-corrected chi connectivity index (χ2v) is 10.2. The van der Waals surface area contributed by atoms with Gasteiger partial charge in [-0.25, -0.2) is 0 Å². The highest BCUT2D eigenvalue weighted by Crippen LogP contribution is 2.58. The highest BCUT2D eigenvalue weighted by Gasteiger charge is 2.70. The Balaban J connectivity index is 1.66. The predicted molar refractivity (Wildman–Crippen MR) is 145 cm³/mol. The van der Waals surface area contributed by atoms with E-state index >= 15 is 0 Å². The van der Waals surface area contributed by atoms with Gasteiger partial charge in [0.05, 0.1) is 37.8 Å². The lowest BCUT2D eigenvalue weighted by atomic mass is 9.64. The van der Waals surface area contributed by atoms with Gasteiger partial charge in [-0.05, 0) is 60.5 Å².